The summed E-state index contributed by atoms with van der Waals surface area (Å²) in [5.41, 5.74) is 2.87. The molecule has 2 unspecified atom stereocenters. The Labute approximate surface area is 204 Å². The zero-order chi connectivity index (χ0) is 23.7. The number of amides is 1. The number of β-amino-alcohol motifs (C(OH)–C–C–N with tert-alkyl or cyclic N) is 1. The quantitative estimate of drug-likeness (QED) is 0.298. The molecule has 3 N–H and O–H groups in total. The minimum absolute atomic E-state index is 0.00722. The van der Waals surface area contributed by atoms with Gasteiger partial charge in [-0.1, -0.05) is 44.0 Å². The largest absolute Gasteiger partial charge is 0.388 e. The van der Waals surface area contributed by atoms with E-state index in [1.165, 1.54) is 10.9 Å². The van der Waals surface area contributed by atoms with Gasteiger partial charge in [0.1, 0.15) is 0 Å². The smallest absolute Gasteiger partial charge is 0.261 e. The second kappa shape index (κ2) is 9.43. The van der Waals surface area contributed by atoms with Crippen LogP contribution in [0, 0.1) is 0 Å². The SMILES string of the molecule is CCCCC(Cc1c[nH]c2ccccc12)NC(=O)c1cc2ccc(N3CCC(C)(O)C3)cc2s1. The van der Waals surface area contributed by atoms with Crippen LogP contribution in [-0.2, 0) is 6.42 Å². The fraction of sp³-hybridized carbons (Fsp3) is 0.393. The minimum Gasteiger partial charge on any atom is -0.388 e. The van der Waals surface area contributed by atoms with Crippen molar-refractivity contribution in [2.45, 2.75) is 57.6 Å². The lowest BCUT2D eigenvalue weighted by atomic mass is 10.0. The molecule has 0 aliphatic carbocycles. The van der Waals surface area contributed by atoms with Gasteiger partial charge in [-0.2, -0.15) is 0 Å². The Bertz CT molecular complexity index is 1310. The first-order valence-corrected chi connectivity index (χ1v) is 13.1. The van der Waals surface area contributed by atoms with E-state index in [4.69, 9.17) is 0 Å². The molecule has 1 amide bonds. The fourth-order valence-electron chi connectivity index (χ4n) is 4.99. The summed E-state index contributed by atoms with van der Waals surface area (Å²) >= 11 is 1.55. The monoisotopic (exact) mass is 475 g/mol. The van der Waals surface area contributed by atoms with Crippen LogP contribution in [0.1, 0.15) is 54.8 Å². The molecule has 5 nitrogen and oxygen atoms in total. The summed E-state index contributed by atoms with van der Waals surface area (Å²) in [4.78, 5) is 19.6. The number of anilines is 1. The number of nitrogens with one attached hydrogen (secondary N) is 2. The highest BCUT2D eigenvalue weighted by Crippen LogP contribution is 2.33. The van der Waals surface area contributed by atoms with Crippen molar-refractivity contribution >= 4 is 43.9 Å². The topological polar surface area (TPSA) is 68.4 Å². The molecule has 1 aliphatic heterocycles. The highest BCUT2D eigenvalue weighted by Gasteiger charge is 2.31. The lowest BCUT2D eigenvalue weighted by Crippen LogP contribution is -2.36. The number of thiophene rings is 1. The van der Waals surface area contributed by atoms with Crippen molar-refractivity contribution in [2.24, 2.45) is 0 Å². The normalized spacial score (nSPS) is 19.2. The number of unbranched alkanes of at least 4 members (excludes halogenated alkanes) is 1. The molecule has 178 valence electrons. The van der Waals surface area contributed by atoms with Gasteiger partial charge in [0.25, 0.3) is 5.91 Å². The molecule has 3 heterocycles. The number of para-hydroxylation sites is 1. The molecule has 4 aromatic rings. The van der Waals surface area contributed by atoms with Crippen molar-refractivity contribution in [3.8, 4) is 0 Å². The zero-order valence-corrected chi connectivity index (χ0v) is 20.8. The van der Waals surface area contributed by atoms with Gasteiger partial charge in [-0.25, -0.2) is 0 Å². The Balaban J connectivity index is 1.33. The number of hydrogen-bond donors (Lipinski definition) is 3. The molecular formula is C28H33N3O2S. The third-order valence-corrected chi connectivity index (χ3v) is 8.02. The molecule has 2 atom stereocenters. The van der Waals surface area contributed by atoms with E-state index in [0.29, 0.717) is 6.54 Å². The first-order valence-electron chi connectivity index (χ1n) is 12.3. The van der Waals surface area contributed by atoms with Gasteiger partial charge in [-0.3, -0.25) is 4.79 Å². The first kappa shape index (κ1) is 22.9. The van der Waals surface area contributed by atoms with Crippen LogP contribution < -0.4 is 10.2 Å². The summed E-state index contributed by atoms with van der Waals surface area (Å²) in [6.07, 6.45) is 6.83. The number of carbonyl (C=O) groups is 1. The molecule has 2 aromatic heterocycles. The van der Waals surface area contributed by atoms with E-state index < -0.39 is 5.60 Å². The van der Waals surface area contributed by atoms with Gasteiger partial charge in [-0.15, -0.1) is 11.3 Å². The second-order valence-corrected chi connectivity index (χ2v) is 11.0. The summed E-state index contributed by atoms with van der Waals surface area (Å²) in [6.45, 7) is 5.58. The maximum Gasteiger partial charge on any atom is 0.261 e. The van der Waals surface area contributed by atoms with E-state index >= 15 is 0 Å². The number of fused-ring (bicyclic) bond motifs is 2. The molecule has 34 heavy (non-hydrogen) atoms. The Morgan fingerprint density at radius 3 is 2.91 bits per heavy atom. The average Bonchev–Trinajstić information content (AvgIpc) is 3.53. The lowest BCUT2D eigenvalue weighted by molar-refractivity contribution is 0.0839. The molecule has 1 fully saturated rings. The molecule has 5 rings (SSSR count). The van der Waals surface area contributed by atoms with Crippen LogP contribution in [-0.4, -0.2) is 40.7 Å². The van der Waals surface area contributed by atoms with Gasteiger partial charge < -0.3 is 20.3 Å². The van der Waals surface area contributed by atoms with Crippen LogP contribution in [0.25, 0.3) is 21.0 Å². The van der Waals surface area contributed by atoms with Crippen LogP contribution in [0.15, 0.2) is 54.7 Å². The van der Waals surface area contributed by atoms with E-state index in [2.05, 4.69) is 64.7 Å². The highest BCUT2D eigenvalue weighted by atomic mass is 32.1. The maximum absolute atomic E-state index is 13.3. The van der Waals surface area contributed by atoms with E-state index in [1.807, 2.05) is 19.1 Å². The first-order chi connectivity index (χ1) is 16.4. The van der Waals surface area contributed by atoms with Crippen LogP contribution >= 0.6 is 11.3 Å². The summed E-state index contributed by atoms with van der Waals surface area (Å²) in [6, 6.07) is 16.8. The molecule has 0 radical (unpaired) electrons. The standard InChI is InChI=1S/C28H33N3O2S/c1-3-4-7-21(14-20-17-29-24-9-6-5-8-23(20)24)30-27(32)26-15-19-10-11-22(16-25(19)34-26)31-13-12-28(2,33)18-31/h5-6,8-11,15-17,21,29,33H,3-4,7,12-14,18H2,1-2H3,(H,30,32). The zero-order valence-electron chi connectivity index (χ0n) is 19.9. The summed E-state index contributed by atoms with van der Waals surface area (Å²) in [5, 5.41) is 16.0. The number of nitrogens with zero attached hydrogens (tertiary/aromatic N) is 1. The van der Waals surface area contributed by atoms with E-state index in [1.54, 1.807) is 11.3 Å². The Hall–Kier alpha value is -2.83. The lowest BCUT2D eigenvalue weighted by Gasteiger charge is -2.20. The molecule has 0 bridgehead atoms. The Morgan fingerprint density at radius 2 is 2.12 bits per heavy atom. The number of aliphatic hydroxyl groups is 1. The molecule has 1 saturated heterocycles. The van der Waals surface area contributed by atoms with Gasteiger partial charge in [0, 0.05) is 46.6 Å². The maximum atomic E-state index is 13.3. The third-order valence-electron chi connectivity index (χ3n) is 6.93. The van der Waals surface area contributed by atoms with Gasteiger partial charge >= 0.3 is 0 Å². The van der Waals surface area contributed by atoms with Crippen molar-refractivity contribution in [2.75, 3.05) is 18.0 Å². The van der Waals surface area contributed by atoms with Crippen LogP contribution in [0.3, 0.4) is 0 Å². The molecule has 0 spiro atoms. The molecule has 2 aromatic carbocycles. The van der Waals surface area contributed by atoms with Crippen molar-refractivity contribution in [1.29, 1.82) is 0 Å². The number of hydrogen-bond acceptors (Lipinski definition) is 4. The molecule has 1 aliphatic rings. The number of rotatable bonds is 8. The molecular weight excluding hydrogens is 442 g/mol. The average molecular weight is 476 g/mol. The van der Waals surface area contributed by atoms with Crippen molar-refractivity contribution in [1.82, 2.24) is 10.3 Å². The van der Waals surface area contributed by atoms with Gasteiger partial charge in [-0.05, 0) is 61.4 Å². The van der Waals surface area contributed by atoms with Gasteiger partial charge in [0.2, 0.25) is 0 Å². The predicted molar refractivity (Wildman–Crippen MR) is 142 cm³/mol. The minimum atomic E-state index is -0.631. The third kappa shape index (κ3) is 4.84. The molecule has 6 heteroatoms. The van der Waals surface area contributed by atoms with Gasteiger partial charge in [0.15, 0.2) is 0 Å². The highest BCUT2D eigenvalue weighted by molar-refractivity contribution is 7.20. The number of aromatic amines is 1. The summed E-state index contributed by atoms with van der Waals surface area (Å²) in [7, 11) is 0. The van der Waals surface area contributed by atoms with Crippen molar-refractivity contribution in [3.05, 3.63) is 65.2 Å². The summed E-state index contributed by atoms with van der Waals surface area (Å²) < 4.78 is 1.11. The number of H-pyrrole nitrogens is 1. The van der Waals surface area contributed by atoms with Crippen molar-refractivity contribution < 1.29 is 9.90 Å². The summed E-state index contributed by atoms with van der Waals surface area (Å²) in [5.74, 6) is 0.00722. The van der Waals surface area contributed by atoms with E-state index in [-0.39, 0.29) is 11.9 Å². The molecule has 0 saturated carbocycles. The van der Waals surface area contributed by atoms with Gasteiger partial charge in [0.05, 0.1) is 10.5 Å². The number of carbonyl (C=O) groups excluding carboxylic acids is 1. The van der Waals surface area contributed by atoms with Crippen LogP contribution in [0.4, 0.5) is 5.69 Å². The number of benzene rings is 2. The number of aromatic nitrogens is 1. The van der Waals surface area contributed by atoms with Crippen molar-refractivity contribution in [3.63, 3.8) is 0 Å². The van der Waals surface area contributed by atoms with E-state index in [9.17, 15) is 9.90 Å². The fourth-order valence-corrected chi connectivity index (χ4v) is 5.99. The van der Waals surface area contributed by atoms with E-state index in [0.717, 1.165) is 64.8 Å². The van der Waals surface area contributed by atoms with Crippen LogP contribution in [0.5, 0.6) is 0 Å². The second-order valence-electron chi connectivity index (χ2n) is 9.88. The Kier molecular flexibility index (Phi) is 6.36. The van der Waals surface area contributed by atoms with Crippen LogP contribution in [0.2, 0.25) is 0 Å². The predicted octanol–water partition coefficient (Wildman–Crippen LogP) is 5.88. The Morgan fingerprint density at radius 1 is 1.26 bits per heavy atom.